The van der Waals surface area contributed by atoms with Gasteiger partial charge >= 0.3 is 0 Å². The van der Waals surface area contributed by atoms with E-state index in [9.17, 15) is 13.7 Å². The van der Waals surface area contributed by atoms with Gasteiger partial charge in [0.25, 0.3) is 10.0 Å². The van der Waals surface area contributed by atoms with E-state index in [1.807, 2.05) is 61.5 Å². The zero-order valence-electron chi connectivity index (χ0n) is 17.9. The highest BCUT2D eigenvalue weighted by Gasteiger charge is 2.47. The molecule has 6 nitrogen and oxygen atoms in total. The van der Waals surface area contributed by atoms with E-state index in [0.29, 0.717) is 16.8 Å². The number of anilines is 1. The van der Waals surface area contributed by atoms with E-state index in [0.717, 1.165) is 11.1 Å². The number of sulfonamides is 1. The minimum absolute atomic E-state index is 0.0340. The Labute approximate surface area is 192 Å². The molecule has 0 aromatic heterocycles. The second kappa shape index (κ2) is 7.84. The molecule has 33 heavy (non-hydrogen) atoms. The third-order valence-corrected chi connectivity index (χ3v) is 7.95. The number of nitriles is 1. The van der Waals surface area contributed by atoms with Crippen molar-refractivity contribution in [3.05, 3.63) is 117 Å². The average Bonchev–Trinajstić information content (AvgIpc) is 2.82. The van der Waals surface area contributed by atoms with Gasteiger partial charge in [-0.1, -0.05) is 66.7 Å². The second-order valence-corrected chi connectivity index (χ2v) is 9.81. The lowest BCUT2D eigenvalue weighted by atomic mass is 9.88. The topological polar surface area (TPSA) is 96.4 Å². The molecule has 0 unspecified atom stereocenters. The van der Waals surface area contributed by atoms with Crippen LogP contribution >= 0.6 is 0 Å². The Balaban J connectivity index is 1.77. The van der Waals surface area contributed by atoms with E-state index in [1.165, 1.54) is 4.31 Å². The molecule has 0 aliphatic carbocycles. The van der Waals surface area contributed by atoms with Crippen LogP contribution in [0.25, 0.3) is 5.76 Å². The van der Waals surface area contributed by atoms with Crippen LogP contribution in [-0.4, -0.2) is 8.42 Å². The van der Waals surface area contributed by atoms with E-state index >= 15 is 0 Å². The number of nitrogens with two attached hydrogens (primary N) is 1. The maximum Gasteiger partial charge on any atom is 0.265 e. The standard InChI is InChI=1S/C26H21N3O3S/c1-17-9-5-6-12-19(17)16-29-22-14-8-7-13-20(22)24-25(33(29,30)31)23(18-10-3-2-4-11-18)21(15-27)26(28)32-24/h2-14,23H,16,28H2,1H3/t23-/m1/s1. The first-order valence-electron chi connectivity index (χ1n) is 10.5. The zero-order chi connectivity index (χ0) is 23.2. The molecule has 2 heterocycles. The van der Waals surface area contributed by atoms with Crippen LogP contribution in [0.3, 0.4) is 0 Å². The Bertz CT molecular complexity index is 1470. The molecule has 0 spiro atoms. The van der Waals surface area contributed by atoms with Crippen LogP contribution in [0.15, 0.2) is 95.2 Å². The number of aryl methyl sites for hydroxylation is 1. The molecule has 164 valence electrons. The van der Waals surface area contributed by atoms with Gasteiger partial charge in [0.1, 0.15) is 16.5 Å². The number of hydrogen-bond donors (Lipinski definition) is 1. The molecule has 0 radical (unpaired) electrons. The summed E-state index contributed by atoms with van der Waals surface area (Å²) in [5, 5.41) is 9.89. The number of rotatable bonds is 3. The Morgan fingerprint density at radius 3 is 2.39 bits per heavy atom. The van der Waals surface area contributed by atoms with Crippen molar-refractivity contribution in [1.29, 1.82) is 5.26 Å². The van der Waals surface area contributed by atoms with Crippen molar-refractivity contribution >= 4 is 21.5 Å². The van der Waals surface area contributed by atoms with Crippen molar-refractivity contribution in [1.82, 2.24) is 0 Å². The van der Waals surface area contributed by atoms with Gasteiger partial charge in [-0.05, 0) is 35.7 Å². The summed E-state index contributed by atoms with van der Waals surface area (Å²) in [4.78, 5) is 0.0340. The van der Waals surface area contributed by atoms with E-state index in [-0.39, 0.29) is 28.7 Å². The van der Waals surface area contributed by atoms with E-state index in [1.54, 1.807) is 24.3 Å². The first-order valence-corrected chi connectivity index (χ1v) is 11.9. The van der Waals surface area contributed by atoms with Crippen LogP contribution in [0, 0.1) is 18.3 Å². The molecule has 0 bridgehead atoms. The maximum atomic E-state index is 14.2. The molecule has 2 N–H and O–H groups in total. The van der Waals surface area contributed by atoms with E-state index in [4.69, 9.17) is 10.5 Å². The highest BCUT2D eigenvalue weighted by Crippen LogP contribution is 2.51. The summed E-state index contributed by atoms with van der Waals surface area (Å²) in [5.74, 6) is -0.767. The minimum atomic E-state index is -4.07. The predicted molar refractivity (Wildman–Crippen MR) is 127 cm³/mol. The van der Waals surface area contributed by atoms with Crippen LogP contribution in [0.2, 0.25) is 0 Å². The van der Waals surface area contributed by atoms with Crippen LogP contribution in [0.4, 0.5) is 5.69 Å². The van der Waals surface area contributed by atoms with Gasteiger partial charge < -0.3 is 10.5 Å². The molecule has 5 rings (SSSR count). The smallest absolute Gasteiger partial charge is 0.265 e. The monoisotopic (exact) mass is 455 g/mol. The molecule has 1 atom stereocenters. The van der Waals surface area contributed by atoms with Gasteiger partial charge in [0.15, 0.2) is 5.76 Å². The quantitative estimate of drug-likeness (QED) is 0.626. The van der Waals surface area contributed by atoms with Gasteiger partial charge in [-0.2, -0.15) is 5.26 Å². The van der Waals surface area contributed by atoms with E-state index < -0.39 is 15.9 Å². The van der Waals surface area contributed by atoms with Crippen molar-refractivity contribution in [3.8, 4) is 6.07 Å². The van der Waals surface area contributed by atoms with Crippen molar-refractivity contribution < 1.29 is 13.2 Å². The van der Waals surface area contributed by atoms with Crippen LogP contribution < -0.4 is 10.0 Å². The molecule has 3 aromatic rings. The van der Waals surface area contributed by atoms with Gasteiger partial charge in [0.05, 0.1) is 18.2 Å². The summed E-state index contributed by atoms with van der Waals surface area (Å²) >= 11 is 0. The normalized spacial score (nSPS) is 18.8. The Hall–Kier alpha value is -4.02. The average molecular weight is 456 g/mol. The van der Waals surface area contributed by atoms with Gasteiger partial charge in [-0.25, -0.2) is 8.42 Å². The first-order chi connectivity index (χ1) is 15.9. The third kappa shape index (κ3) is 3.27. The summed E-state index contributed by atoms with van der Waals surface area (Å²) < 4.78 is 35.6. The number of benzene rings is 3. The number of fused-ring (bicyclic) bond motifs is 2. The van der Waals surface area contributed by atoms with E-state index in [2.05, 4.69) is 6.07 Å². The summed E-state index contributed by atoms with van der Waals surface area (Å²) in [7, 11) is -4.07. The van der Waals surface area contributed by atoms with Gasteiger partial charge in [-0.15, -0.1) is 0 Å². The lowest BCUT2D eigenvalue weighted by Gasteiger charge is -2.38. The molecule has 2 aliphatic heterocycles. The molecule has 2 aliphatic rings. The fraction of sp³-hybridized carbons (Fsp3) is 0.115. The van der Waals surface area contributed by atoms with Gasteiger partial charge in [-0.3, -0.25) is 4.31 Å². The van der Waals surface area contributed by atoms with Crippen molar-refractivity contribution in [2.24, 2.45) is 5.73 Å². The van der Waals surface area contributed by atoms with Crippen LogP contribution in [-0.2, 0) is 21.3 Å². The summed E-state index contributed by atoms with van der Waals surface area (Å²) in [6.45, 7) is 2.11. The molecule has 0 fully saturated rings. The van der Waals surface area contributed by atoms with Gasteiger partial charge in [0, 0.05) is 5.56 Å². The largest absolute Gasteiger partial charge is 0.439 e. The lowest BCUT2D eigenvalue weighted by Crippen LogP contribution is -2.39. The Kier molecular flexibility index (Phi) is 4.95. The van der Waals surface area contributed by atoms with Crippen molar-refractivity contribution in [2.75, 3.05) is 4.31 Å². The highest BCUT2D eigenvalue weighted by atomic mass is 32.2. The molecule has 0 amide bonds. The molecule has 0 saturated carbocycles. The number of hydrogen-bond acceptors (Lipinski definition) is 5. The summed E-state index contributed by atoms with van der Waals surface area (Å²) in [5.41, 5.74) is 9.90. The summed E-state index contributed by atoms with van der Waals surface area (Å²) in [6, 6.07) is 26.0. The first kappa shape index (κ1) is 20.9. The fourth-order valence-corrected chi connectivity index (χ4v) is 6.30. The molecule has 7 heteroatoms. The Morgan fingerprint density at radius 2 is 1.67 bits per heavy atom. The van der Waals surface area contributed by atoms with Crippen LogP contribution in [0.5, 0.6) is 0 Å². The number of allylic oxidation sites excluding steroid dienone is 2. The molecular weight excluding hydrogens is 434 g/mol. The lowest BCUT2D eigenvalue weighted by molar-refractivity contribution is 0.357. The molecule has 0 saturated heterocycles. The minimum Gasteiger partial charge on any atom is -0.439 e. The SMILES string of the molecule is Cc1ccccc1CN1c2ccccc2C2=C([C@H](c3ccccc3)C(C#N)=C(N)O2)S1(=O)=O. The highest BCUT2D eigenvalue weighted by molar-refractivity contribution is 7.96. The van der Waals surface area contributed by atoms with Crippen molar-refractivity contribution in [2.45, 2.75) is 19.4 Å². The van der Waals surface area contributed by atoms with Crippen LogP contribution in [0.1, 0.15) is 28.2 Å². The summed E-state index contributed by atoms with van der Waals surface area (Å²) in [6.07, 6.45) is 0. The number of ether oxygens (including phenoxy) is 1. The Morgan fingerprint density at radius 1 is 1.00 bits per heavy atom. The third-order valence-electron chi connectivity index (χ3n) is 6.07. The zero-order valence-corrected chi connectivity index (χ0v) is 18.7. The molecular formula is C26H21N3O3S. The molecule has 3 aromatic carbocycles. The number of para-hydroxylation sites is 1. The van der Waals surface area contributed by atoms with Gasteiger partial charge in [0.2, 0.25) is 5.88 Å². The fourth-order valence-electron chi connectivity index (χ4n) is 4.40. The van der Waals surface area contributed by atoms with Crippen molar-refractivity contribution in [3.63, 3.8) is 0 Å². The maximum absolute atomic E-state index is 14.2. The second-order valence-electron chi connectivity index (χ2n) is 7.98. The predicted octanol–water partition coefficient (Wildman–Crippen LogP) is 4.52. The number of nitrogens with zero attached hydrogens (tertiary/aromatic N) is 2.